The lowest BCUT2D eigenvalue weighted by Gasteiger charge is -2.25. The van der Waals surface area contributed by atoms with E-state index in [0.717, 1.165) is 12.1 Å². The number of carboxylic acids is 1. The van der Waals surface area contributed by atoms with Gasteiger partial charge in [-0.15, -0.1) is 0 Å². The van der Waals surface area contributed by atoms with Crippen molar-refractivity contribution in [1.82, 2.24) is 4.90 Å². The largest absolute Gasteiger partial charge is 0.481 e. The van der Waals surface area contributed by atoms with E-state index in [-0.39, 0.29) is 31.4 Å². The van der Waals surface area contributed by atoms with E-state index >= 15 is 0 Å². The van der Waals surface area contributed by atoms with E-state index in [1.807, 2.05) is 24.3 Å². The zero-order valence-corrected chi connectivity index (χ0v) is 15.8. The number of likely N-dealkylation sites (tertiary alicyclic amines) is 1. The molecule has 2 saturated heterocycles. The van der Waals surface area contributed by atoms with E-state index in [9.17, 15) is 19.5 Å². The molecular formula is C20H26N2O5. The smallest absolute Gasteiger partial charge is 0.313 e. The molecule has 2 fully saturated rings. The van der Waals surface area contributed by atoms with Crippen LogP contribution in [-0.4, -0.2) is 61.1 Å². The Morgan fingerprint density at radius 3 is 2.59 bits per heavy atom. The Labute approximate surface area is 158 Å². The number of methoxy groups -OCH3 is 1. The number of hydrogen-bond donors (Lipinski definition) is 1. The van der Waals surface area contributed by atoms with Crippen molar-refractivity contribution in [3.8, 4) is 0 Å². The monoisotopic (exact) mass is 374 g/mol. The number of carboxylic acid groups (broad SMARTS) is 1. The number of rotatable bonds is 6. The molecule has 0 radical (unpaired) electrons. The summed E-state index contributed by atoms with van der Waals surface area (Å²) in [6, 6.07) is 7.80. The first-order chi connectivity index (χ1) is 12.9. The third-order valence-corrected chi connectivity index (χ3v) is 5.67. The summed E-state index contributed by atoms with van der Waals surface area (Å²) in [6.07, 6.45) is 1.46. The van der Waals surface area contributed by atoms with Crippen LogP contribution in [-0.2, 0) is 25.5 Å². The maximum absolute atomic E-state index is 12.9. The topological polar surface area (TPSA) is 87.2 Å². The summed E-state index contributed by atoms with van der Waals surface area (Å²) in [6.45, 7) is 2.99. The van der Waals surface area contributed by atoms with Crippen molar-refractivity contribution in [2.45, 2.75) is 26.2 Å². The number of nitrogens with zero attached hydrogens (tertiary/aromatic N) is 2. The fourth-order valence-electron chi connectivity index (χ4n) is 3.98. The van der Waals surface area contributed by atoms with Crippen molar-refractivity contribution in [2.75, 3.05) is 38.3 Å². The highest BCUT2D eigenvalue weighted by atomic mass is 16.5. The number of carbonyl (C=O) groups excluding carboxylic acids is 2. The highest BCUT2D eigenvalue weighted by Gasteiger charge is 2.48. The predicted octanol–water partition coefficient (Wildman–Crippen LogP) is 1.55. The summed E-state index contributed by atoms with van der Waals surface area (Å²) < 4.78 is 5.07. The average Bonchev–Trinajstić information content (AvgIpc) is 3.26. The van der Waals surface area contributed by atoms with E-state index in [2.05, 4.69) is 6.92 Å². The van der Waals surface area contributed by atoms with E-state index < -0.39 is 17.3 Å². The van der Waals surface area contributed by atoms with E-state index in [1.54, 1.807) is 9.80 Å². The SMILES string of the molecule is CCc1ccc(N2CC(C(=O)N3CCC(COC)(C(=O)O)C3)CC2=O)cc1. The second-order valence-electron chi connectivity index (χ2n) is 7.45. The van der Waals surface area contributed by atoms with Gasteiger partial charge >= 0.3 is 5.97 Å². The van der Waals surface area contributed by atoms with Crippen molar-refractivity contribution in [3.05, 3.63) is 29.8 Å². The van der Waals surface area contributed by atoms with Crippen LogP contribution in [0, 0.1) is 11.3 Å². The standard InChI is InChI=1S/C20H26N2O5/c1-3-14-4-6-16(7-5-14)22-11-15(10-17(22)23)18(24)21-9-8-20(12-21,13-27-2)19(25)26/h4-7,15H,3,8-13H2,1-2H3,(H,25,26). The molecule has 0 aromatic heterocycles. The molecule has 2 heterocycles. The van der Waals surface area contributed by atoms with Gasteiger partial charge in [0.2, 0.25) is 11.8 Å². The molecular weight excluding hydrogens is 348 g/mol. The van der Waals surface area contributed by atoms with Crippen LogP contribution in [0.2, 0.25) is 0 Å². The Bertz CT molecular complexity index is 732. The van der Waals surface area contributed by atoms with E-state index in [0.29, 0.717) is 19.5 Å². The van der Waals surface area contributed by atoms with E-state index in [1.165, 1.54) is 12.7 Å². The molecule has 0 spiro atoms. The number of aliphatic carboxylic acids is 1. The number of amides is 2. The molecule has 7 nitrogen and oxygen atoms in total. The van der Waals surface area contributed by atoms with Gasteiger partial charge in [-0.05, 0) is 30.5 Å². The van der Waals surface area contributed by atoms with Crippen molar-refractivity contribution >= 4 is 23.5 Å². The third-order valence-electron chi connectivity index (χ3n) is 5.67. The lowest BCUT2D eigenvalue weighted by molar-refractivity contribution is -0.152. The number of carbonyl (C=O) groups is 3. The van der Waals surface area contributed by atoms with Gasteiger partial charge in [0.1, 0.15) is 5.41 Å². The van der Waals surface area contributed by atoms with Crippen LogP contribution in [0.4, 0.5) is 5.69 Å². The van der Waals surface area contributed by atoms with Crippen molar-refractivity contribution < 1.29 is 24.2 Å². The number of hydrogen-bond acceptors (Lipinski definition) is 4. The zero-order chi connectivity index (χ0) is 19.6. The second-order valence-corrected chi connectivity index (χ2v) is 7.45. The summed E-state index contributed by atoms with van der Waals surface area (Å²) >= 11 is 0. The van der Waals surface area contributed by atoms with Gasteiger partial charge in [-0.2, -0.15) is 0 Å². The predicted molar refractivity (Wildman–Crippen MR) is 99.4 cm³/mol. The molecule has 2 atom stereocenters. The van der Waals surface area contributed by atoms with Gasteiger partial charge < -0.3 is 19.6 Å². The number of ether oxygens (including phenoxy) is 1. The minimum absolute atomic E-state index is 0.0711. The Hall–Kier alpha value is -2.41. The first kappa shape index (κ1) is 19.4. The molecule has 0 saturated carbocycles. The molecule has 2 aliphatic rings. The molecule has 3 rings (SSSR count). The van der Waals surface area contributed by atoms with Crippen LogP contribution < -0.4 is 4.90 Å². The maximum atomic E-state index is 12.9. The summed E-state index contributed by atoms with van der Waals surface area (Å²) in [7, 11) is 1.46. The number of anilines is 1. The lowest BCUT2D eigenvalue weighted by atomic mass is 9.88. The van der Waals surface area contributed by atoms with Gasteiger partial charge in [0.25, 0.3) is 0 Å². The summed E-state index contributed by atoms with van der Waals surface area (Å²) in [5, 5.41) is 9.55. The average molecular weight is 374 g/mol. The molecule has 1 aromatic carbocycles. The van der Waals surface area contributed by atoms with Crippen molar-refractivity contribution in [1.29, 1.82) is 0 Å². The second kappa shape index (κ2) is 7.68. The maximum Gasteiger partial charge on any atom is 0.313 e. The van der Waals surface area contributed by atoms with Crippen LogP contribution in [0.5, 0.6) is 0 Å². The minimum Gasteiger partial charge on any atom is -0.481 e. The Kier molecular flexibility index (Phi) is 5.51. The summed E-state index contributed by atoms with van der Waals surface area (Å²) in [4.78, 5) is 40.2. The molecule has 1 aromatic rings. The zero-order valence-electron chi connectivity index (χ0n) is 15.8. The fraction of sp³-hybridized carbons (Fsp3) is 0.550. The molecule has 2 aliphatic heterocycles. The molecule has 2 amide bonds. The first-order valence-electron chi connectivity index (χ1n) is 9.30. The molecule has 146 valence electrons. The van der Waals surface area contributed by atoms with Crippen LogP contribution in [0.15, 0.2) is 24.3 Å². The van der Waals surface area contributed by atoms with Crippen LogP contribution >= 0.6 is 0 Å². The highest BCUT2D eigenvalue weighted by molar-refractivity contribution is 6.00. The summed E-state index contributed by atoms with van der Waals surface area (Å²) in [5.41, 5.74) is 0.939. The molecule has 1 N–H and O–H groups in total. The molecule has 27 heavy (non-hydrogen) atoms. The number of benzene rings is 1. The van der Waals surface area contributed by atoms with Gasteiger partial charge in [-0.3, -0.25) is 14.4 Å². The van der Waals surface area contributed by atoms with Crippen LogP contribution in [0.25, 0.3) is 0 Å². The van der Waals surface area contributed by atoms with Gasteiger partial charge in [0.05, 0.1) is 12.5 Å². The fourth-order valence-corrected chi connectivity index (χ4v) is 3.98. The van der Waals surface area contributed by atoms with Crippen molar-refractivity contribution in [2.24, 2.45) is 11.3 Å². The van der Waals surface area contributed by atoms with Gasteiger partial charge in [-0.1, -0.05) is 19.1 Å². The normalized spacial score (nSPS) is 25.3. The Morgan fingerprint density at radius 2 is 2.00 bits per heavy atom. The van der Waals surface area contributed by atoms with Crippen LogP contribution in [0.1, 0.15) is 25.3 Å². The van der Waals surface area contributed by atoms with Gasteiger partial charge in [-0.25, -0.2) is 0 Å². The van der Waals surface area contributed by atoms with Crippen molar-refractivity contribution in [3.63, 3.8) is 0 Å². The Morgan fingerprint density at radius 1 is 1.30 bits per heavy atom. The summed E-state index contributed by atoms with van der Waals surface area (Å²) in [5.74, 6) is -1.59. The van der Waals surface area contributed by atoms with Crippen LogP contribution in [0.3, 0.4) is 0 Å². The molecule has 2 unspecified atom stereocenters. The molecule has 0 aliphatic carbocycles. The van der Waals surface area contributed by atoms with Gasteiger partial charge in [0, 0.05) is 38.9 Å². The quantitative estimate of drug-likeness (QED) is 0.816. The number of aryl methyl sites for hydroxylation is 1. The molecule has 7 heteroatoms. The highest BCUT2D eigenvalue weighted by Crippen LogP contribution is 2.34. The Balaban J connectivity index is 1.68. The van der Waals surface area contributed by atoms with Gasteiger partial charge in [0.15, 0.2) is 0 Å². The first-order valence-corrected chi connectivity index (χ1v) is 9.30. The minimum atomic E-state index is -1.05. The molecule has 0 bridgehead atoms. The lowest BCUT2D eigenvalue weighted by Crippen LogP contribution is -2.42. The van der Waals surface area contributed by atoms with E-state index in [4.69, 9.17) is 4.74 Å². The third kappa shape index (κ3) is 3.69.